The zero-order chi connectivity index (χ0) is 20.9. The fourth-order valence-electron chi connectivity index (χ4n) is 3.70. The van der Waals surface area contributed by atoms with Gasteiger partial charge in [0.05, 0.1) is 13.2 Å². The number of ether oxygens (including phenoxy) is 1. The first kappa shape index (κ1) is 19.7. The van der Waals surface area contributed by atoms with Gasteiger partial charge in [0.15, 0.2) is 11.6 Å². The third kappa shape index (κ3) is 4.57. The van der Waals surface area contributed by atoms with Crippen molar-refractivity contribution in [3.63, 3.8) is 0 Å². The van der Waals surface area contributed by atoms with Gasteiger partial charge in [-0.3, -0.25) is 4.90 Å². The lowest BCUT2D eigenvalue weighted by Gasteiger charge is -2.26. The summed E-state index contributed by atoms with van der Waals surface area (Å²) in [6, 6.07) is 19.8. The molecule has 0 unspecified atom stereocenters. The molecule has 0 bridgehead atoms. The number of hydrogen-bond donors (Lipinski definition) is 1. The molecule has 1 N–H and O–H groups in total. The summed E-state index contributed by atoms with van der Waals surface area (Å²) in [6.07, 6.45) is 1.01. The highest BCUT2D eigenvalue weighted by Gasteiger charge is 2.17. The molecule has 158 valence electrons. The Morgan fingerprint density at radius 2 is 1.55 bits per heavy atom. The number of anilines is 1. The average Bonchev–Trinajstić information content (AvgIpc) is 3.28. The van der Waals surface area contributed by atoms with Gasteiger partial charge in [0, 0.05) is 30.8 Å². The third-order valence-corrected chi connectivity index (χ3v) is 5.35. The van der Waals surface area contributed by atoms with Crippen molar-refractivity contribution >= 4 is 17.0 Å². The first-order chi connectivity index (χ1) is 15.4. The Morgan fingerprint density at radius 3 is 2.29 bits per heavy atom. The van der Waals surface area contributed by atoms with E-state index in [2.05, 4.69) is 20.2 Å². The average molecular weight is 415 g/mol. The van der Waals surface area contributed by atoms with Crippen LogP contribution in [0.5, 0.6) is 0 Å². The van der Waals surface area contributed by atoms with Gasteiger partial charge in [-0.05, 0) is 25.1 Å². The zero-order valence-electron chi connectivity index (χ0n) is 17.3. The number of morpholine rings is 1. The predicted octanol–water partition coefficient (Wildman–Crippen LogP) is 4.09. The molecule has 1 fully saturated rings. The van der Waals surface area contributed by atoms with Crippen LogP contribution in [0.15, 0.2) is 65.1 Å². The smallest absolute Gasteiger partial charge is 0.229 e. The molecule has 0 amide bonds. The van der Waals surface area contributed by atoms with Gasteiger partial charge in [-0.15, -0.1) is 0 Å². The van der Waals surface area contributed by atoms with E-state index >= 15 is 0 Å². The van der Waals surface area contributed by atoms with Crippen molar-refractivity contribution in [3.05, 3.63) is 60.7 Å². The van der Waals surface area contributed by atoms with E-state index in [1.54, 1.807) is 0 Å². The van der Waals surface area contributed by atoms with Gasteiger partial charge < -0.3 is 14.5 Å². The summed E-state index contributed by atoms with van der Waals surface area (Å²) in [7, 11) is 0. The Morgan fingerprint density at radius 1 is 0.839 bits per heavy atom. The van der Waals surface area contributed by atoms with Gasteiger partial charge in [0.1, 0.15) is 0 Å². The van der Waals surface area contributed by atoms with E-state index in [-0.39, 0.29) is 0 Å². The number of benzene rings is 2. The fraction of sp³-hybridized carbons (Fsp3) is 0.292. The molecule has 31 heavy (non-hydrogen) atoms. The molecule has 5 rings (SSSR count). The van der Waals surface area contributed by atoms with E-state index in [4.69, 9.17) is 14.1 Å². The molecular formula is C24H25N5O2. The van der Waals surface area contributed by atoms with Crippen LogP contribution in [0.2, 0.25) is 0 Å². The zero-order valence-corrected chi connectivity index (χ0v) is 17.3. The van der Waals surface area contributed by atoms with Crippen LogP contribution in [0.1, 0.15) is 6.42 Å². The van der Waals surface area contributed by atoms with Crippen molar-refractivity contribution in [2.45, 2.75) is 6.42 Å². The lowest BCUT2D eigenvalue weighted by atomic mass is 10.2. The monoisotopic (exact) mass is 415 g/mol. The molecule has 0 saturated carbocycles. The van der Waals surface area contributed by atoms with Crippen LogP contribution in [0, 0.1) is 0 Å². The number of nitrogens with zero attached hydrogens (tertiary/aromatic N) is 4. The van der Waals surface area contributed by atoms with E-state index in [1.165, 1.54) is 0 Å². The van der Waals surface area contributed by atoms with Gasteiger partial charge in [0.25, 0.3) is 0 Å². The summed E-state index contributed by atoms with van der Waals surface area (Å²) in [6.45, 7) is 5.46. The van der Waals surface area contributed by atoms with Crippen molar-refractivity contribution in [2.75, 3.05) is 44.7 Å². The van der Waals surface area contributed by atoms with Crippen molar-refractivity contribution in [1.82, 2.24) is 19.9 Å². The highest BCUT2D eigenvalue weighted by molar-refractivity contribution is 5.84. The number of fused-ring (bicyclic) bond motifs is 1. The highest BCUT2D eigenvalue weighted by Crippen LogP contribution is 2.29. The highest BCUT2D eigenvalue weighted by atomic mass is 16.5. The van der Waals surface area contributed by atoms with Gasteiger partial charge >= 0.3 is 0 Å². The molecule has 3 heterocycles. The standard InChI is InChI=1S/C24H25N5O2/c1-3-8-18(9-4-1)21-26-22(25-12-7-13-29-14-16-30-17-15-29)20-23(27-21)28-24(31-20)19-10-5-2-6-11-19/h1-6,8-11H,7,12-17H2,(H,25,26,27). The van der Waals surface area contributed by atoms with Gasteiger partial charge in [-0.1, -0.05) is 48.5 Å². The summed E-state index contributed by atoms with van der Waals surface area (Å²) in [5.74, 6) is 1.86. The van der Waals surface area contributed by atoms with Crippen molar-refractivity contribution < 1.29 is 9.15 Å². The largest absolute Gasteiger partial charge is 0.430 e. The quantitative estimate of drug-likeness (QED) is 0.456. The van der Waals surface area contributed by atoms with Crippen LogP contribution in [-0.2, 0) is 4.74 Å². The minimum atomic E-state index is 0.548. The lowest BCUT2D eigenvalue weighted by molar-refractivity contribution is 0.0378. The molecule has 1 saturated heterocycles. The molecule has 0 radical (unpaired) electrons. The van der Waals surface area contributed by atoms with E-state index in [9.17, 15) is 0 Å². The van der Waals surface area contributed by atoms with Gasteiger partial charge in [-0.25, -0.2) is 9.97 Å². The van der Waals surface area contributed by atoms with Crippen LogP contribution in [0.4, 0.5) is 5.82 Å². The van der Waals surface area contributed by atoms with Crippen molar-refractivity contribution in [1.29, 1.82) is 0 Å². The van der Waals surface area contributed by atoms with Gasteiger partial charge in [-0.2, -0.15) is 4.98 Å². The third-order valence-electron chi connectivity index (χ3n) is 5.35. The lowest BCUT2D eigenvalue weighted by Crippen LogP contribution is -2.37. The number of hydrogen-bond acceptors (Lipinski definition) is 7. The molecule has 0 atom stereocenters. The molecule has 0 aliphatic carbocycles. The second-order valence-electron chi connectivity index (χ2n) is 7.53. The number of nitrogens with one attached hydrogen (secondary N) is 1. The van der Waals surface area contributed by atoms with Crippen molar-refractivity contribution in [3.8, 4) is 22.8 Å². The summed E-state index contributed by atoms with van der Waals surface area (Å²) in [5.41, 5.74) is 3.01. The van der Waals surface area contributed by atoms with Crippen LogP contribution in [0.25, 0.3) is 34.1 Å². The Labute approximate surface area is 181 Å². The normalized spacial score (nSPS) is 14.7. The SMILES string of the molecule is c1ccc(-c2nc(NCCCN3CCOCC3)c3oc(-c4ccccc4)nc3n2)cc1. The predicted molar refractivity (Wildman–Crippen MR) is 121 cm³/mol. The molecule has 7 nitrogen and oxygen atoms in total. The molecule has 4 aromatic rings. The topological polar surface area (TPSA) is 76.3 Å². The maximum atomic E-state index is 6.10. The summed E-state index contributed by atoms with van der Waals surface area (Å²) >= 11 is 0. The Balaban J connectivity index is 1.41. The summed E-state index contributed by atoms with van der Waals surface area (Å²) in [5, 5.41) is 3.46. The molecular weight excluding hydrogens is 390 g/mol. The van der Waals surface area contributed by atoms with E-state index < -0.39 is 0 Å². The summed E-state index contributed by atoms with van der Waals surface area (Å²) < 4.78 is 11.5. The molecule has 1 aliphatic heterocycles. The van der Waals surface area contributed by atoms with E-state index in [0.717, 1.165) is 56.9 Å². The van der Waals surface area contributed by atoms with Crippen LogP contribution < -0.4 is 5.32 Å². The Kier molecular flexibility index (Phi) is 5.86. The molecule has 0 spiro atoms. The summed E-state index contributed by atoms with van der Waals surface area (Å²) in [4.78, 5) is 16.5. The molecule has 2 aromatic carbocycles. The maximum Gasteiger partial charge on any atom is 0.229 e. The first-order valence-electron chi connectivity index (χ1n) is 10.7. The number of oxazole rings is 1. The maximum absolute atomic E-state index is 6.10. The molecule has 2 aromatic heterocycles. The molecule has 1 aliphatic rings. The first-order valence-corrected chi connectivity index (χ1v) is 10.7. The van der Waals surface area contributed by atoms with E-state index in [1.807, 2.05) is 60.7 Å². The van der Waals surface area contributed by atoms with Crippen LogP contribution in [0.3, 0.4) is 0 Å². The van der Waals surface area contributed by atoms with E-state index in [0.29, 0.717) is 28.8 Å². The van der Waals surface area contributed by atoms with Crippen LogP contribution >= 0.6 is 0 Å². The second kappa shape index (κ2) is 9.24. The number of rotatable bonds is 7. The molecule has 7 heteroatoms. The Bertz CT molecular complexity index is 1120. The second-order valence-corrected chi connectivity index (χ2v) is 7.53. The Hall–Kier alpha value is -3.29. The minimum Gasteiger partial charge on any atom is -0.430 e. The number of aromatic nitrogens is 3. The fourth-order valence-corrected chi connectivity index (χ4v) is 3.70. The van der Waals surface area contributed by atoms with Crippen LogP contribution in [-0.4, -0.2) is 59.2 Å². The van der Waals surface area contributed by atoms with Crippen molar-refractivity contribution in [2.24, 2.45) is 0 Å². The van der Waals surface area contributed by atoms with Gasteiger partial charge in [0.2, 0.25) is 17.1 Å². The minimum absolute atomic E-state index is 0.548.